The van der Waals surface area contributed by atoms with Crippen molar-refractivity contribution in [3.05, 3.63) is 35.6 Å². The molecule has 1 nitrogen and oxygen atoms in total. The fourth-order valence-electron chi connectivity index (χ4n) is 0.664. The molecule has 0 aromatic heterocycles. The monoisotopic (exact) mass is 133 g/mol. The van der Waals surface area contributed by atoms with Gasteiger partial charge in [0.2, 0.25) is 0 Å². The molecule has 3 heteroatoms. The largest absolute Gasteiger partial charge is 1.00 e. The Bertz CT molecular complexity index is 207. The van der Waals surface area contributed by atoms with Gasteiger partial charge in [0.05, 0.1) is 0 Å². The van der Waals surface area contributed by atoms with Gasteiger partial charge in [0.1, 0.15) is 5.82 Å². The van der Waals surface area contributed by atoms with Crippen LogP contribution in [0.3, 0.4) is 0 Å². The van der Waals surface area contributed by atoms with Gasteiger partial charge in [0.25, 0.3) is 0 Å². The molecular weight excluding hydrogens is 124 g/mol. The zero-order chi connectivity index (χ0) is 6.69. The first-order chi connectivity index (χ1) is 4.33. The molecule has 1 aromatic carbocycles. The number of hydrogen-bond donors (Lipinski definition) is 1. The van der Waals surface area contributed by atoms with Gasteiger partial charge in [-0.1, -0.05) is 12.1 Å². The smallest absolute Gasteiger partial charge is 1.00 e. The third-order valence-corrected chi connectivity index (χ3v) is 1.12. The van der Waals surface area contributed by atoms with Crippen molar-refractivity contribution in [2.24, 2.45) is 5.73 Å². The van der Waals surface area contributed by atoms with Crippen LogP contribution in [0.4, 0.5) is 4.39 Å². The maximum Gasteiger partial charge on any atom is 1.00 e. The van der Waals surface area contributed by atoms with Crippen LogP contribution in [-0.2, 0) is 6.54 Å². The third kappa shape index (κ3) is 2.53. The Morgan fingerprint density at radius 1 is 1.50 bits per heavy atom. The van der Waals surface area contributed by atoms with Gasteiger partial charge in [-0.2, -0.15) is 0 Å². The minimum Gasteiger partial charge on any atom is -1.00 e. The molecule has 0 spiro atoms. The predicted molar refractivity (Wildman–Crippen MR) is 35.4 cm³/mol. The molecule has 0 radical (unpaired) electrons. The zero-order valence-electron chi connectivity index (χ0n) is 6.97. The van der Waals surface area contributed by atoms with E-state index in [1.807, 2.05) is 0 Å². The molecule has 0 bridgehead atoms. The van der Waals surface area contributed by atoms with E-state index in [0.717, 1.165) is 5.56 Å². The molecular formula is C7H9FLiN. The minimum atomic E-state index is -0.224. The summed E-state index contributed by atoms with van der Waals surface area (Å²) in [5.41, 5.74) is 6.08. The van der Waals surface area contributed by atoms with E-state index in [1.165, 1.54) is 12.1 Å². The fourth-order valence-corrected chi connectivity index (χ4v) is 0.664. The molecule has 10 heavy (non-hydrogen) atoms. The van der Waals surface area contributed by atoms with E-state index >= 15 is 0 Å². The molecule has 0 unspecified atom stereocenters. The predicted octanol–water partition coefficient (Wildman–Crippen LogP) is -1.60. The van der Waals surface area contributed by atoms with E-state index in [1.54, 1.807) is 12.1 Å². The average molecular weight is 133 g/mol. The van der Waals surface area contributed by atoms with Crippen LogP contribution >= 0.6 is 0 Å². The molecule has 0 aliphatic heterocycles. The summed E-state index contributed by atoms with van der Waals surface area (Å²) < 4.78 is 12.3. The molecule has 0 fully saturated rings. The molecule has 0 aliphatic carbocycles. The van der Waals surface area contributed by atoms with Crippen LogP contribution in [0.15, 0.2) is 24.3 Å². The van der Waals surface area contributed by atoms with Gasteiger partial charge in [0.15, 0.2) is 0 Å². The van der Waals surface area contributed by atoms with Gasteiger partial charge in [-0.15, -0.1) is 0 Å². The molecule has 1 aromatic rings. The zero-order valence-corrected chi connectivity index (χ0v) is 5.97. The summed E-state index contributed by atoms with van der Waals surface area (Å²) >= 11 is 0. The SMILES string of the molecule is NCc1cccc(F)c1.[H-].[Li+]. The second-order valence-corrected chi connectivity index (χ2v) is 1.83. The van der Waals surface area contributed by atoms with Crippen molar-refractivity contribution in [1.29, 1.82) is 0 Å². The summed E-state index contributed by atoms with van der Waals surface area (Å²) in [6.07, 6.45) is 0. The molecule has 0 aliphatic rings. The van der Waals surface area contributed by atoms with Crippen molar-refractivity contribution in [3.8, 4) is 0 Å². The summed E-state index contributed by atoms with van der Waals surface area (Å²) in [5, 5.41) is 0. The van der Waals surface area contributed by atoms with E-state index in [2.05, 4.69) is 0 Å². The molecule has 1 rings (SSSR count). The van der Waals surface area contributed by atoms with E-state index in [9.17, 15) is 4.39 Å². The van der Waals surface area contributed by atoms with Gasteiger partial charge in [-0.3, -0.25) is 0 Å². The second kappa shape index (κ2) is 4.51. The third-order valence-electron chi connectivity index (χ3n) is 1.12. The Labute approximate surface area is 73.1 Å². The van der Waals surface area contributed by atoms with Crippen molar-refractivity contribution >= 4 is 0 Å². The van der Waals surface area contributed by atoms with Crippen molar-refractivity contribution in [2.75, 3.05) is 0 Å². The maximum atomic E-state index is 12.3. The Morgan fingerprint density at radius 2 is 2.20 bits per heavy atom. The van der Waals surface area contributed by atoms with Gasteiger partial charge in [-0.25, -0.2) is 4.39 Å². The number of hydrogen-bond acceptors (Lipinski definition) is 1. The number of nitrogens with two attached hydrogens (primary N) is 1. The van der Waals surface area contributed by atoms with Crippen molar-refractivity contribution in [1.82, 2.24) is 0 Å². The Kier molecular flexibility index (Phi) is 4.38. The molecule has 2 N–H and O–H groups in total. The first-order valence-corrected chi connectivity index (χ1v) is 2.77. The number of benzene rings is 1. The van der Waals surface area contributed by atoms with Crippen LogP contribution in [-0.4, -0.2) is 0 Å². The number of halogens is 1. The van der Waals surface area contributed by atoms with Crippen LogP contribution in [0.2, 0.25) is 0 Å². The van der Waals surface area contributed by atoms with Gasteiger partial charge in [-0.05, 0) is 17.7 Å². The first-order valence-electron chi connectivity index (χ1n) is 2.77. The van der Waals surface area contributed by atoms with E-state index in [0.29, 0.717) is 6.54 Å². The topological polar surface area (TPSA) is 26.0 Å². The molecule has 0 amide bonds. The summed E-state index contributed by atoms with van der Waals surface area (Å²) in [6, 6.07) is 6.28. The minimum absolute atomic E-state index is 0. The molecule has 0 atom stereocenters. The average Bonchev–Trinajstić information content (AvgIpc) is 1.88. The Balaban J connectivity index is 0. The molecule has 50 valence electrons. The van der Waals surface area contributed by atoms with Crippen LogP contribution in [0.5, 0.6) is 0 Å². The molecule has 0 saturated carbocycles. The van der Waals surface area contributed by atoms with Crippen LogP contribution in [0.1, 0.15) is 6.99 Å². The van der Waals surface area contributed by atoms with Gasteiger partial charge >= 0.3 is 18.9 Å². The van der Waals surface area contributed by atoms with E-state index < -0.39 is 0 Å². The normalized spacial score (nSPS) is 8.60. The number of rotatable bonds is 1. The van der Waals surface area contributed by atoms with Crippen LogP contribution < -0.4 is 24.6 Å². The summed E-state index contributed by atoms with van der Waals surface area (Å²) in [7, 11) is 0. The van der Waals surface area contributed by atoms with Crippen molar-refractivity contribution in [3.63, 3.8) is 0 Å². The Hall–Kier alpha value is -0.293. The second-order valence-electron chi connectivity index (χ2n) is 1.83. The standard InChI is InChI=1S/C7H8FN.Li.H/c8-7-3-1-2-6(4-7)5-9;;/h1-4H,5,9H2;;/q;+1;-1. The fraction of sp³-hybridized carbons (Fsp3) is 0.143. The van der Waals surface area contributed by atoms with Crippen molar-refractivity contribution < 1.29 is 24.7 Å². The summed E-state index contributed by atoms with van der Waals surface area (Å²) in [5.74, 6) is -0.224. The first kappa shape index (κ1) is 9.71. The molecule has 0 heterocycles. The van der Waals surface area contributed by atoms with Gasteiger partial charge < -0.3 is 7.16 Å². The Morgan fingerprint density at radius 3 is 2.60 bits per heavy atom. The molecule has 0 saturated heterocycles. The van der Waals surface area contributed by atoms with Crippen LogP contribution in [0.25, 0.3) is 0 Å². The van der Waals surface area contributed by atoms with Crippen molar-refractivity contribution in [2.45, 2.75) is 6.54 Å². The van der Waals surface area contributed by atoms with E-state index in [4.69, 9.17) is 5.73 Å². The van der Waals surface area contributed by atoms with Crippen LogP contribution in [0, 0.1) is 5.82 Å². The van der Waals surface area contributed by atoms with Gasteiger partial charge in [0, 0.05) is 6.54 Å². The summed E-state index contributed by atoms with van der Waals surface area (Å²) in [6.45, 7) is 0.401. The maximum absolute atomic E-state index is 12.3. The van der Waals surface area contributed by atoms with E-state index in [-0.39, 0.29) is 26.1 Å². The summed E-state index contributed by atoms with van der Waals surface area (Å²) in [4.78, 5) is 0. The quantitative estimate of drug-likeness (QED) is 0.459.